The zero-order valence-corrected chi connectivity index (χ0v) is 41.5. The van der Waals surface area contributed by atoms with Gasteiger partial charge < -0.3 is 29.9 Å². The molecule has 0 heterocycles. The largest absolute Gasteiger partial charge is 0.507 e. The summed E-state index contributed by atoms with van der Waals surface area (Å²) in [5, 5.41) is 43.3. The van der Waals surface area contributed by atoms with E-state index in [9.17, 15) is 30.0 Å². The second kappa shape index (κ2) is 25.9. The summed E-state index contributed by atoms with van der Waals surface area (Å²) in [5.41, 5.74) is 3.38. The minimum Gasteiger partial charge on any atom is -0.507 e. The Kier molecular flexibility index (Phi) is 23.7. The number of aliphatic hydroxyl groups is 2. The van der Waals surface area contributed by atoms with Gasteiger partial charge in [0.05, 0.1) is 19.1 Å². The van der Waals surface area contributed by atoms with Crippen LogP contribution in [0.15, 0.2) is 24.3 Å². The molecule has 0 amide bonds. The van der Waals surface area contributed by atoms with E-state index in [0.717, 1.165) is 52.6 Å². The number of carbonyl (C=O) groups is 2. The molecule has 0 saturated heterocycles. The first kappa shape index (κ1) is 55.9. The fraction of sp³-hybridized carbons (Fsp3) is 0.736. The molecular weight excluding hydrogens is 765 g/mol. The molecule has 0 aliphatic rings. The van der Waals surface area contributed by atoms with Gasteiger partial charge in [0.1, 0.15) is 24.2 Å². The monoisotopic (exact) mass is 855 g/mol. The third kappa shape index (κ3) is 19.5. The average molecular weight is 855 g/mol. The standard InChI is InChI=1S/C49H82O6.C4H8O2/c1-14-15-16-17-18-19-20-21-22-23-24-25-26-27-37(34-28-38(46(2,3)4)43(52)39(29-34)47(5,6)7)42(45(54)55-33-36(51)32-50)35-30-40(48(8,9)10)44(53)41(31-35)49(11,12)13;1-3-6-4(2)5/h28-31,36-37,42,50-53H,14-27,32-33H2,1-13H3;3H2,1-2H3. The summed E-state index contributed by atoms with van der Waals surface area (Å²) in [7, 11) is 0. The molecule has 2 aromatic rings. The van der Waals surface area contributed by atoms with Crippen molar-refractivity contribution >= 4 is 11.9 Å². The zero-order valence-electron chi connectivity index (χ0n) is 41.5. The maximum absolute atomic E-state index is 14.6. The normalized spacial score (nSPS) is 13.9. The number of phenolic OH excluding ortho intramolecular Hbond substituents is 2. The first-order valence-corrected chi connectivity index (χ1v) is 23.6. The highest BCUT2D eigenvalue weighted by Crippen LogP contribution is 2.48. The van der Waals surface area contributed by atoms with Crippen molar-refractivity contribution in [2.45, 2.75) is 233 Å². The van der Waals surface area contributed by atoms with Gasteiger partial charge >= 0.3 is 11.9 Å². The van der Waals surface area contributed by atoms with Crippen LogP contribution in [0.4, 0.5) is 0 Å². The minimum atomic E-state index is -1.19. The van der Waals surface area contributed by atoms with Crippen molar-refractivity contribution in [3.63, 3.8) is 0 Å². The van der Waals surface area contributed by atoms with E-state index in [-0.39, 0.29) is 35.1 Å². The highest BCUT2D eigenvalue weighted by Gasteiger charge is 2.38. The number of benzene rings is 2. The molecule has 0 saturated carbocycles. The predicted molar refractivity (Wildman–Crippen MR) is 253 cm³/mol. The van der Waals surface area contributed by atoms with E-state index in [4.69, 9.17) is 4.74 Å². The van der Waals surface area contributed by atoms with E-state index in [2.05, 4.69) is 107 Å². The molecular formula is C53H90O8. The van der Waals surface area contributed by atoms with Crippen LogP contribution in [0.5, 0.6) is 11.5 Å². The van der Waals surface area contributed by atoms with Gasteiger partial charge in [-0.1, -0.05) is 198 Å². The molecule has 61 heavy (non-hydrogen) atoms. The van der Waals surface area contributed by atoms with Gasteiger partial charge in [-0.25, -0.2) is 0 Å². The van der Waals surface area contributed by atoms with Gasteiger partial charge in [0.25, 0.3) is 0 Å². The summed E-state index contributed by atoms with van der Waals surface area (Å²) in [5.74, 6) is -1.23. The molecule has 0 radical (unpaired) electrons. The smallest absolute Gasteiger partial charge is 0.314 e. The van der Waals surface area contributed by atoms with Gasteiger partial charge in [0.15, 0.2) is 0 Å². The van der Waals surface area contributed by atoms with Gasteiger partial charge in [0, 0.05) is 12.8 Å². The fourth-order valence-electron chi connectivity index (χ4n) is 7.96. The maximum atomic E-state index is 14.6. The first-order valence-electron chi connectivity index (χ1n) is 23.6. The van der Waals surface area contributed by atoms with Crippen LogP contribution >= 0.6 is 0 Å². The Morgan fingerprint density at radius 2 is 0.902 bits per heavy atom. The lowest BCUT2D eigenvalue weighted by molar-refractivity contribution is -0.150. The average Bonchev–Trinajstić information content (AvgIpc) is 3.14. The molecule has 2 rings (SSSR count). The van der Waals surface area contributed by atoms with Crippen LogP contribution in [0.25, 0.3) is 0 Å². The van der Waals surface area contributed by atoms with E-state index in [1.807, 2.05) is 12.1 Å². The summed E-state index contributed by atoms with van der Waals surface area (Å²) in [6, 6.07) is 8.14. The number of carbonyl (C=O) groups excluding carboxylic acids is 2. The Hall–Kier alpha value is -3.10. The van der Waals surface area contributed by atoms with Gasteiger partial charge in [-0.3, -0.25) is 9.59 Å². The predicted octanol–water partition coefficient (Wildman–Crippen LogP) is 13.1. The van der Waals surface area contributed by atoms with E-state index in [0.29, 0.717) is 18.8 Å². The van der Waals surface area contributed by atoms with Gasteiger partial charge in [-0.2, -0.15) is 0 Å². The molecule has 0 fully saturated rings. The Morgan fingerprint density at radius 3 is 1.20 bits per heavy atom. The maximum Gasteiger partial charge on any atom is 0.314 e. The Balaban J connectivity index is 0.00000287. The lowest BCUT2D eigenvalue weighted by atomic mass is 9.71. The number of phenols is 2. The molecule has 2 aromatic carbocycles. The van der Waals surface area contributed by atoms with Gasteiger partial charge in [-0.05, 0) is 68.4 Å². The molecule has 0 aliphatic heterocycles. The third-order valence-electron chi connectivity index (χ3n) is 11.5. The van der Waals surface area contributed by atoms with E-state index in [1.54, 1.807) is 6.92 Å². The number of hydrogen-bond donors (Lipinski definition) is 4. The Labute approximate surface area is 372 Å². The highest BCUT2D eigenvalue weighted by molar-refractivity contribution is 5.80. The highest BCUT2D eigenvalue weighted by atomic mass is 16.5. The molecule has 0 spiro atoms. The molecule has 8 heteroatoms. The zero-order chi connectivity index (χ0) is 46.8. The first-order chi connectivity index (χ1) is 28.2. The number of rotatable bonds is 22. The van der Waals surface area contributed by atoms with Crippen molar-refractivity contribution < 1.29 is 39.5 Å². The molecule has 0 aromatic heterocycles. The summed E-state index contributed by atoms with van der Waals surface area (Å²) in [6.07, 6.45) is 15.7. The molecule has 4 N–H and O–H groups in total. The van der Waals surface area contributed by atoms with Crippen LogP contribution in [0, 0.1) is 0 Å². The second-order valence-corrected chi connectivity index (χ2v) is 21.4. The number of hydrogen-bond acceptors (Lipinski definition) is 8. The SMILES string of the molecule is CCCCCCCCCCCCCCCC(c1cc(C(C)(C)C)c(O)c(C(C)(C)C)c1)C(C(=O)OCC(O)CO)c1cc(C(C)(C)C)c(O)c(C(C)(C)C)c1.CCOC(C)=O. The van der Waals surface area contributed by atoms with Crippen molar-refractivity contribution in [2.24, 2.45) is 0 Å². The molecule has 350 valence electrons. The lowest BCUT2D eigenvalue weighted by Gasteiger charge is -2.34. The summed E-state index contributed by atoms with van der Waals surface area (Å²) in [6.45, 7) is 30.1. The third-order valence-corrected chi connectivity index (χ3v) is 11.5. The van der Waals surface area contributed by atoms with Crippen LogP contribution in [0.3, 0.4) is 0 Å². The summed E-state index contributed by atoms with van der Waals surface area (Å²) < 4.78 is 10.3. The van der Waals surface area contributed by atoms with E-state index >= 15 is 0 Å². The summed E-state index contributed by atoms with van der Waals surface area (Å²) >= 11 is 0. The molecule has 8 nitrogen and oxygen atoms in total. The lowest BCUT2D eigenvalue weighted by Crippen LogP contribution is -2.29. The van der Waals surface area contributed by atoms with E-state index in [1.165, 1.54) is 71.1 Å². The Morgan fingerprint density at radius 1 is 0.557 bits per heavy atom. The van der Waals surface area contributed by atoms with Crippen molar-refractivity contribution in [2.75, 3.05) is 19.8 Å². The number of aliphatic hydroxyl groups excluding tert-OH is 2. The number of esters is 2. The fourth-order valence-corrected chi connectivity index (χ4v) is 7.96. The van der Waals surface area contributed by atoms with Crippen LogP contribution in [0.1, 0.15) is 239 Å². The molecule has 3 atom stereocenters. The van der Waals surface area contributed by atoms with Crippen LogP contribution < -0.4 is 0 Å². The van der Waals surface area contributed by atoms with Crippen LogP contribution in [-0.2, 0) is 40.7 Å². The molecule has 3 unspecified atom stereocenters. The van der Waals surface area contributed by atoms with Crippen LogP contribution in [0.2, 0.25) is 0 Å². The second-order valence-electron chi connectivity index (χ2n) is 21.4. The summed E-state index contributed by atoms with van der Waals surface area (Å²) in [4.78, 5) is 24.4. The van der Waals surface area contributed by atoms with Crippen molar-refractivity contribution in [1.29, 1.82) is 0 Å². The van der Waals surface area contributed by atoms with Crippen molar-refractivity contribution in [3.8, 4) is 11.5 Å². The van der Waals surface area contributed by atoms with Crippen molar-refractivity contribution in [1.82, 2.24) is 0 Å². The van der Waals surface area contributed by atoms with E-state index < -0.39 is 35.4 Å². The molecule has 0 aliphatic carbocycles. The topological polar surface area (TPSA) is 134 Å². The van der Waals surface area contributed by atoms with Gasteiger partial charge in [0.2, 0.25) is 0 Å². The number of aromatic hydroxyl groups is 2. The number of unbranched alkanes of at least 4 members (excludes halogenated alkanes) is 12. The quantitative estimate of drug-likeness (QED) is 0.0680. The van der Waals surface area contributed by atoms with Gasteiger partial charge in [-0.15, -0.1) is 0 Å². The Bertz CT molecular complexity index is 1530. The van der Waals surface area contributed by atoms with Crippen molar-refractivity contribution in [3.05, 3.63) is 57.6 Å². The number of ether oxygens (including phenoxy) is 2. The minimum absolute atomic E-state index is 0.211. The molecule has 0 bridgehead atoms. The van der Waals surface area contributed by atoms with Crippen LogP contribution in [-0.4, -0.2) is 58.3 Å².